The molecule has 0 bridgehead atoms. The Morgan fingerprint density at radius 2 is 2.00 bits per heavy atom. The number of likely N-dealkylation sites (tertiary alicyclic amines) is 1. The third-order valence-electron chi connectivity index (χ3n) is 7.28. The molecule has 4 rings (SSSR count). The van der Waals surface area contributed by atoms with Gasteiger partial charge in [-0.25, -0.2) is 14.6 Å². The summed E-state index contributed by atoms with van der Waals surface area (Å²) in [5.74, 6) is -1.09. The van der Waals surface area contributed by atoms with Gasteiger partial charge < -0.3 is 34.9 Å². The van der Waals surface area contributed by atoms with Crippen molar-refractivity contribution in [3.8, 4) is 11.5 Å². The van der Waals surface area contributed by atoms with E-state index in [9.17, 15) is 19.2 Å². The number of benzene rings is 1. The van der Waals surface area contributed by atoms with E-state index in [1.165, 1.54) is 18.1 Å². The zero-order valence-corrected chi connectivity index (χ0v) is 25.0. The van der Waals surface area contributed by atoms with Crippen LogP contribution in [0.1, 0.15) is 51.0 Å². The van der Waals surface area contributed by atoms with Gasteiger partial charge in [-0.1, -0.05) is 6.08 Å². The van der Waals surface area contributed by atoms with E-state index >= 15 is 0 Å². The highest BCUT2D eigenvalue weighted by molar-refractivity contribution is 5.99. The molecule has 1 aromatic carbocycles. The van der Waals surface area contributed by atoms with Crippen LogP contribution in [0.15, 0.2) is 36.9 Å². The third-order valence-corrected chi connectivity index (χ3v) is 7.28. The number of carbonyl (C=O) groups excluding carboxylic acids is 4. The van der Waals surface area contributed by atoms with Gasteiger partial charge in [-0.3, -0.25) is 14.5 Å². The van der Waals surface area contributed by atoms with Crippen molar-refractivity contribution in [3.05, 3.63) is 48.1 Å². The van der Waals surface area contributed by atoms with E-state index in [1.54, 1.807) is 52.0 Å². The molecule has 0 unspecified atom stereocenters. The number of ketones is 1. The molecule has 13 heteroatoms. The number of rotatable bonds is 11. The maximum Gasteiger partial charge on any atom is 0.411 e. The Balaban J connectivity index is 1.65. The fraction of sp³-hybridized carbons (Fsp3) is 0.500. The number of aromatic nitrogens is 1. The van der Waals surface area contributed by atoms with Crippen LogP contribution < -0.4 is 19.9 Å². The first-order valence-corrected chi connectivity index (χ1v) is 14.0. The molecule has 1 aliphatic heterocycles. The number of methoxy groups -OCH3 is 1. The van der Waals surface area contributed by atoms with Crippen molar-refractivity contribution >= 4 is 34.7 Å². The van der Waals surface area contributed by atoms with Crippen molar-refractivity contribution < 1.29 is 43.2 Å². The summed E-state index contributed by atoms with van der Waals surface area (Å²) in [6, 6.07) is 5.51. The van der Waals surface area contributed by atoms with Gasteiger partial charge in [0.2, 0.25) is 11.7 Å². The first-order valence-electron chi connectivity index (χ1n) is 14.0. The fourth-order valence-corrected chi connectivity index (χ4v) is 5.10. The number of nitrogens with zero attached hydrogens (tertiary/aromatic N) is 3. The van der Waals surface area contributed by atoms with Gasteiger partial charge in [0.05, 0.1) is 25.8 Å². The Labute approximate surface area is 249 Å². The van der Waals surface area contributed by atoms with Crippen LogP contribution in [0, 0.1) is 5.92 Å². The molecule has 1 aliphatic carbocycles. The van der Waals surface area contributed by atoms with E-state index in [1.807, 2.05) is 5.11 Å². The second-order valence-corrected chi connectivity index (χ2v) is 11.5. The lowest BCUT2D eigenvalue weighted by molar-refractivity contribution is -0.465. The minimum atomic E-state index is -1.25. The molecule has 1 aromatic heterocycles. The molecule has 4 atom stereocenters. The number of pyridine rings is 1. The molecule has 43 heavy (non-hydrogen) atoms. The lowest BCUT2D eigenvalue weighted by atomic mass is 10.1. The van der Waals surface area contributed by atoms with Gasteiger partial charge in [0.1, 0.15) is 40.5 Å². The smallest absolute Gasteiger partial charge is 0.411 e. The number of hydrogen-bond donors (Lipinski definition) is 2. The van der Waals surface area contributed by atoms with Crippen LogP contribution in [0.2, 0.25) is 0 Å². The van der Waals surface area contributed by atoms with Crippen molar-refractivity contribution in [3.63, 3.8) is 0 Å². The van der Waals surface area contributed by atoms with Crippen LogP contribution in [-0.4, -0.2) is 83.7 Å². The topological polar surface area (TPSA) is 170 Å². The van der Waals surface area contributed by atoms with E-state index in [-0.39, 0.29) is 37.7 Å². The molecule has 230 valence electrons. The largest absolute Gasteiger partial charge is 0.508 e. The molecule has 2 aliphatic rings. The number of amides is 2. The molecule has 13 nitrogen and oxygen atoms in total. The summed E-state index contributed by atoms with van der Waals surface area (Å²) < 4.78 is 22.4. The maximum atomic E-state index is 13.7. The van der Waals surface area contributed by atoms with E-state index in [2.05, 4.69) is 16.9 Å². The molecule has 2 amide bonds. The molecular formula is C30H37N5O8. The van der Waals surface area contributed by atoms with Gasteiger partial charge in [0, 0.05) is 29.9 Å². The molecule has 2 aromatic rings. The van der Waals surface area contributed by atoms with Crippen molar-refractivity contribution in [1.29, 1.82) is 0 Å². The summed E-state index contributed by atoms with van der Waals surface area (Å²) in [4.78, 5) is 58.0. The predicted octanol–water partition coefficient (Wildman–Crippen LogP) is 1.91. The van der Waals surface area contributed by atoms with Gasteiger partial charge in [-0.2, -0.15) is 0 Å². The van der Waals surface area contributed by atoms with Crippen LogP contribution in [0.3, 0.4) is 0 Å². The Morgan fingerprint density at radius 3 is 2.60 bits per heavy atom. The third kappa shape index (κ3) is 6.76. The summed E-state index contributed by atoms with van der Waals surface area (Å²) >= 11 is 0. The summed E-state index contributed by atoms with van der Waals surface area (Å²) in [7, 11) is 1.50. The minimum Gasteiger partial charge on any atom is -0.508 e. The van der Waals surface area contributed by atoms with Crippen LogP contribution >= 0.6 is 0 Å². The average molecular weight is 596 g/mol. The van der Waals surface area contributed by atoms with Gasteiger partial charge in [0.25, 0.3) is 0 Å². The highest BCUT2D eigenvalue weighted by Crippen LogP contribution is 2.46. The number of esters is 1. The van der Waals surface area contributed by atoms with Gasteiger partial charge in [-0.05, 0) is 46.2 Å². The van der Waals surface area contributed by atoms with Crippen molar-refractivity contribution in [2.24, 2.45) is 5.92 Å². The summed E-state index contributed by atoms with van der Waals surface area (Å²) in [5, 5.41) is 5.22. The SMILES string of the molecule is C=C[C@@H]1C[C@]1(NC(=O)[C@@H]1C[C@@H](Oc2cc(C(=O)C[NH+]=[N-])nc3cc(OC)ccc23)CN1C(=O)OC(C)(C)C)C(=O)OCC. The Morgan fingerprint density at radius 1 is 1.26 bits per heavy atom. The normalized spacial score (nSPS) is 22.8. The number of fused-ring (bicyclic) bond motifs is 1. The second-order valence-electron chi connectivity index (χ2n) is 11.5. The molecule has 0 radical (unpaired) electrons. The molecule has 2 N–H and O–H groups in total. The molecule has 1 saturated heterocycles. The number of hydrogen-bond acceptors (Lipinski definition) is 9. The van der Waals surface area contributed by atoms with Crippen LogP contribution in [0.4, 0.5) is 4.79 Å². The van der Waals surface area contributed by atoms with E-state index in [0.717, 1.165) is 0 Å². The van der Waals surface area contributed by atoms with Gasteiger partial charge in [0.15, 0.2) is 6.54 Å². The first-order chi connectivity index (χ1) is 20.3. The summed E-state index contributed by atoms with van der Waals surface area (Å²) in [5.41, 5.74) is 7.42. The van der Waals surface area contributed by atoms with Crippen LogP contribution in [0.25, 0.3) is 16.4 Å². The quantitative estimate of drug-likeness (QED) is 0.170. The van der Waals surface area contributed by atoms with E-state index < -0.39 is 47.0 Å². The minimum absolute atomic E-state index is 0.00819. The molecular weight excluding hydrogens is 558 g/mol. The Kier molecular flexibility index (Phi) is 9.02. The predicted molar refractivity (Wildman–Crippen MR) is 153 cm³/mol. The fourth-order valence-electron chi connectivity index (χ4n) is 5.10. The van der Waals surface area contributed by atoms with Crippen molar-refractivity contribution in [1.82, 2.24) is 15.2 Å². The zero-order valence-electron chi connectivity index (χ0n) is 25.0. The highest BCUT2D eigenvalue weighted by atomic mass is 16.6. The highest BCUT2D eigenvalue weighted by Gasteiger charge is 2.62. The molecule has 1 saturated carbocycles. The Bertz CT molecular complexity index is 1450. The number of ether oxygens (including phenoxy) is 4. The first kappa shape index (κ1) is 31.4. The number of Topliss-reactive ketones (excluding diaryl/α,β-unsaturated/α-hetero) is 1. The summed E-state index contributed by atoms with van der Waals surface area (Å²) in [6.45, 7) is 10.4. The Hall–Kier alpha value is -4.55. The second kappa shape index (κ2) is 12.4. The van der Waals surface area contributed by atoms with Crippen molar-refractivity contribution in [2.45, 2.75) is 63.8 Å². The standard InChI is InChI=1S/C30H37N5O8/c1-7-17-14-30(17,27(38)41-8-2)34-26(37)23-12-19(16-35(23)28(39)43-29(3,4)5)42-25-13-22(24(36)15-32-31)33-21-11-18(40-6)9-10-20(21)25/h7,9-11,13,17,19,23,32H,1,8,12,14-16H2,2-6H3,(H,34,37)/t17-,19-,23+,30-/m1/s1. The van der Waals surface area contributed by atoms with E-state index in [0.29, 0.717) is 28.8 Å². The maximum absolute atomic E-state index is 13.7. The van der Waals surface area contributed by atoms with Crippen LogP contribution in [0.5, 0.6) is 11.5 Å². The number of carbonyl (C=O) groups is 4. The summed E-state index contributed by atoms with van der Waals surface area (Å²) in [6.07, 6.45) is 0.603. The molecule has 2 heterocycles. The van der Waals surface area contributed by atoms with Gasteiger partial charge in [-0.15, -0.1) is 6.58 Å². The van der Waals surface area contributed by atoms with Gasteiger partial charge >= 0.3 is 12.1 Å². The zero-order chi connectivity index (χ0) is 31.5. The molecule has 2 fully saturated rings. The monoisotopic (exact) mass is 595 g/mol. The lowest BCUT2D eigenvalue weighted by Crippen LogP contribution is -2.65. The van der Waals surface area contributed by atoms with Crippen molar-refractivity contribution in [2.75, 3.05) is 26.8 Å². The lowest BCUT2D eigenvalue weighted by Gasteiger charge is -2.28. The average Bonchev–Trinajstić information content (AvgIpc) is 3.50. The van der Waals surface area contributed by atoms with Crippen LogP contribution in [-0.2, 0) is 19.1 Å². The number of nitrogens with one attached hydrogen (secondary N) is 2. The van der Waals surface area contributed by atoms with E-state index in [4.69, 9.17) is 24.5 Å². The molecule has 0 spiro atoms.